The topological polar surface area (TPSA) is 29.1 Å². The lowest BCUT2D eigenvalue weighted by Crippen LogP contribution is -2.50. The van der Waals surface area contributed by atoms with Crippen molar-refractivity contribution in [2.24, 2.45) is 17.3 Å². The second-order valence-electron chi connectivity index (χ2n) is 4.98. The summed E-state index contributed by atoms with van der Waals surface area (Å²) in [4.78, 5) is 11.6. The van der Waals surface area contributed by atoms with Gasteiger partial charge in [0.2, 0.25) is 5.91 Å². The normalized spacial score (nSPS) is 41.9. The van der Waals surface area contributed by atoms with E-state index in [0.717, 1.165) is 12.0 Å². The van der Waals surface area contributed by atoms with Gasteiger partial charge in [0, 0.05) is 11.6 Å². The maximum Gasteiger partial charge on any atom is 0.247 e. The Kier molecular flexibility index (Phi) is 1.60. The van der Waals surface area contributed by atoms with Crippen molar-refractivity contribution >= 4 is 5.91 Å². The van der Waals surface area contributed by atoms with E-state index >= 15 is 0 Å². The highest BCUT2D eigenvalue weighted by Crippen LogP contribution is 2.51. The molecule has 3 aliphatic rings. The van der Waals surface area contributed by atoms with Crippen LogP contribution in [0.15, 0.2) is 12.2 Å². The number of hydrogen-bond acceptors (Lipinski definition) is 1. The van der Waals surface area contributed by atoms with E-state index in [2.05, 4.69) is 32.7 Å². The fourth-order valence-electron chi connectivity index (χ4n) is 2.70. The molecule has 3 atom stereocenters. The van der Waals surface area contributed by atoms with Crippen LogP contribution in [0.1, 0.15) is 27.2 Å². The predicted molar refractivity (Wildman–Crippen MR) is 52.1 cm³/mol. The smallest absolute Gasteiger partial charge is 0.247 e. The van der Waals surface area contributed by atoms with Gasteiger partial charge in [-0.25, -0.2) is 0 Å². The van der Waals surface area contributed by atoms with E-state index in [4.69, 9.17) is 0 Å². The molecule has 2 heterocycles. The molecule has 0 radical (unpaired) electrons. The minimum atomic E-state index is -0.0174. The Bertz CT molecular complexity index is 280. The zero-order valence-electron chi connectivity index (χ0n) is 8.55. The lowest BCUT2D eigenvalue weighted by Gasteiger charge is -2.47. The molecule has 1 saturated carbocycles. The van der Waals surface area contributed by atoms with Crippen molar-refractivity contribution in [1.82, 2.24) is 5.32 Å². The molecule has 0 aromatic rings. The van der Waals surface area contributed by atoms with Gasteiger partial charge < -0.3 is 5.32 Å². The third-order valence-electron chi connectivity index (χ3n) is 4.07. The van der Waals surface area contributed by atoms with E-state index in [1.54, 1.807) is 0 Å². The number of carbonyl (C=O) groups excluding carboxylic acids is 1. The van der Waals surface area contributed by atoms with E-state index in [0.29, 0.717) is 17.9 Å². The van der Waals surface area contributed by atoms with Crippen LogP contribution in [0.5, 0.6) is 0 Å². The monoisotopic (exact) mass is 179 g/mol. The highest BCUT2D eigenvalue weighted by Gasteiger charge is 2.52. The molecule has 13 heavy (non-hydrogen) atoms. The number of fused-ring (bicyclic) bond motifs is 3. The Labute approximate surface area is 79.4 Å². The van der Waals surface area contributed by atoms with Crippen LogP contribution in [0.25, 0.3) is 0 Å². The van der Waals surface area contributed by atoms with Gasteiger partial charge in [0.25, 0.3) is 0 Å². The summed E-state index contributed by atoms with van der Waals surface area (Å²) in [7, 11) is 0. The first-order valence-electron chi connectivity index (χ1n) is 4.95. The summed E-state index contributed by atoms with van der Waals surface area (Å²) in [6, 6.07) is 0.399. The number of carbonyl (C=O) groups is 1. The summed E-state index contributed by atoms with van der Waals surface area (Å²) in [5.74, 6) is 1.30. The highest BCUT2D eigenvalue weighted by atomic mass is 16.1. The molecule has 2 bridgehead atoms. The van der Waals surface area contributed by atoms with Crippen LogP contribution in [0.3, 0.4) is 0 Å². The minimum Gasteiger partial charge on any atom is -0.349 e. The first-order valence-corrected chi connectivity index (χ1v) is 4.95. The van der Waals surface area contributed by atoms with Crippen molar-refractivity contribution in [3.8, 4) is 0 Å². The Hall–Kier alpha value is -0.790. The van der Waals surface area contributed by atoms with Crippen LogP contribution >= 0.6 is 0 Å². The third kappa shape index (κ3) is 0.976. The van der Waals surface area contributed by atoms with E-state index < -0.39 is 0 Å². The van der Waals surface area contributed by atoms with Gasteiger partial charge in [0.15, 0.2) is 0 Å². The van der Waals surface area contributed by atoms with Gasteiger partial charge in [-0.2, -0.15) is 0 Å². The second-order valence-corrected chi connectivity index (χ2v) is 4.98. The van der Waals surface area contributed by atoms with E-state index in [1.807, 2.05) is 0 Å². The van der Waals surface area contributed by atoms with Crippen molar-refractivity contribution in [3.05, 3.63) is 12.2 Å². The van der Waals surface area contributed by atoms with Crippen molar-refractivity contribution in [3.63, 3.8) is 0 Å². The largest absolute Gasteiger partial charge is 0.349 e. The standard InChI is InChI=1S/C11H17NO/c1-6-8-5-9(6)12-10(13)7(2)11(8,3)4/h6,8-9H,2,5H2,1,3-4H3,(H,12,13). The lowest BCUT2D eigenvalue weighted by atomic mass is 9.58. The van der Waals surface area contributed by atoms with Gasteiger partial charge in [-0.15, -0.1) is 0 Å². The number of hydrogen-bond donors (Lipinski definition) is 1. The van der Waals surface area contributed by atoms with Crippen LogP contribution in [0, 0.1) is 17.3 Å². The minimum absolute atomic E-state index is 0.0174. The molecule has 1 aliphatic carbocycles. The summed E-state index contributed by atoms with van der Waals surface area (Å²) < 4.78 is 0. The zero-order chi connectivity index (χ0) is 9.80. The van der Waals surface area contributed by atoms with Crippen molar-refractivity contribution < 1.29 is 4.79 Å². The Morgan fingerprint density at radius 3 is 2.69 bits per heavy atom. The van der Waals surface area contributed by atoms with E-state index in [-0.39, 0.29) is 11.3 Å². The van der Waals surface area contributed by atoms with Gasteiger partial charge >= 0.3 is 0 Å². The summed E-state index contributed by atoms with van der Waals surface area (Å²) in [5, 5.41) is 3.02. The van der Waals surface area contributed by atoms with Crippen LogP contribution in [0.4, 0.5) is 0 Å². The molecular weight excluding hydrogens is 162 g/mol. The van der Waals surface area contributed by atoms with Crippen LogP contribution in [0.2, 0.25) is 0 Å². The van der Waals surface area contributed by atoms with Crippen LogP contribution in [-0.4, -0.2) is 11.9 Å². The van der Waals surface area contributed by atoms with E-state index in [9.17, 15) is 4.79 Å². The molecule has 0 aromatic carbocycles. The molecule has 3 rings (SSSR count). The van der Waals surface area contributed by atoms with Crippen LogP contribution < -0.4 is 5.32 Å². The molecule has 3 unspecified atom stereocenters. The molecule has 3 fully saturated rings. The number of rotatable bonds is 0. The molecular formula is C11H17NO. The van der Waals surface area contributed by atoms with Gasteiger partial charge in [-0.05, 0) is 23.7 Å². The van der Waals surface area contributed by atoms with Crippen molar-refractivity contribution in [2.45, 2.75) is 33.2 Å². The first kappa shape index (κ1) is 8.79. The quantitative estimate of drug-likeness (QED) is 0.564. The molecule has 2 aliphatic heterocycles. The second kappa shape index (κ2) is 2.37. The van der Waals surface area contributed by atoms with Gasteiger partial charge in [0.1, 0.15) is 0 Å². The third-order valence-corrected chi connectivity index (χ3v) is 4.07. The fourth-order valence-corrected chi connectivity index (χ4v) is 2.70. The Balaban J connectivity index is 2.37. The van der Waals surface area contributed by atoms with Gasteiger partial charge in [0.05, 0.1) is 0 Å². The van der Waals surface area contributed by atoms with Gasteiger partial charge in [-0.3, -0.25) is 4.79 Å². The van der Waals surface area contributed by atoms with Gasteiger partial charge in [-0.1, -0.05) is 27.4 Å². The van der Waals surface area contributed by atoms with Crippen molar-refractivity contribution in [1.29, 1.82) is 0 Å². The summed E-state index contributed by atoms with van der Waals surface area (Å²) in [6.07, 6.45) is 1.12. The van der Waals surface area contributed by atoms with Crippen LogP contribution in [-0.2, 0) is 4.79 Å². The lowest BCUT2D eigenvalue weighted by molar-refractivity contribution is -0.118. The average Bonchev–Trinajstić information content (AvgIpc) is 2.18. The number of nitrogens with one attached hydrogen (secondary N) is 1. The highest BCUT2D eigenvalue weighted by molar-refractivity contribution is 5.95. The molecule has 2 nitrogen and oxygen atoms in total. The first-order chi connectivity index (χ1) is 5.94. The number of amides is 1. The maximum atomic E-state index is 11.6. The zero-order valence-corrected chi connectivity index (χ0v) is 8.55. The summed E-state index contributed by atoms with van der Waals surface area (Å²) >= 11 is 0. The molecule has 0 aromatic heterocycles. The predicted octanol–water partition coefficient (Wildman–Crippen LogP) is 1.72. The fraction of sp³-hybridized carbons (Fsp3) is 0.727. The Morgan fingerprint density at radius 2 is 2.15 bits per heavy atom. The molecule has 1 N–H and O–H groups in total. The molecule has 2 saturated heterocycles. The maximum absolute atomic E-state index is 11.6. The average molecular weight is 179 g/mol. The molecule has 2 heteroatoms. The molecule has 0 spiro atoms. The summed E-state index contributed by atoms with van der Waals surface area (Å²) in [5.41, 5.74) is 0.737. The molecule has 1 amide bonds. The Morgan fingerprint density at radius 1 is 1.54 bits per heavy atom. The summed E-state index contributed by atoms with van der Waals surface area (Å²) in [6.45, 7) is 10.4. The van der Waals surface area contributed by atoms with Crippen molar-refractivity contribution in [2.75, 3.05) is 0 Å². The molecule has 72 valence electrons. The SMILES string of the molecule is C=C1C(=O)NC2CC(C2C)C1(C)C. The van der Waals surface area contributed by atoms with E-state index in [1.165, 1.54) is 0 Å².